The predicted octanol–water partition coefficient (Wildman–Crippen LogP) is 4.18. The van der Waals surface area contributed by atoms with Gasteiger partial charge in [0.1, 0.15) is 17.3 Å². The summed E-state index contributed by atoms with van der Waals surface area (Å²) < 4.78 is 15.4. The number of hydrogen-bond acceptors (Lipinski definition) is 8. The molecule has 1 aliphatic heterocycles. The smallest absolute Gasteiger partial charge is 0.337 e. The van der Waals surface area contributed by atoms with E-state index in [4.69, 9.17) is 14.0 Å². The molecule has 35 heavy (non-hydrogen) atoms. The molecule has 9 nitrogen and oxygen atoms in total. The molecule has 0 aliphatic carbocycles. The van der Waals surface area contributed by atoms with E-state index in [1.54, 1.807) is 43.3 Å². The molecule has 3 aromatic rings. The topological polar surface area (TPSA) is 119 Å². The number of aliphatic hydroxyl groups excluding tert-OH is 1. The van der Waals surface area contributed by atoms with Crippen LogP contribution in [0, 0.1) is 6.92 Å². The molecule has 1 atom stereocenters. The molecule has 180 valence electrons. The third kappa shape index (κ3) is 4.52. The van der Waals surface area contributed by atoms with Crippen LogP contribution in [-0.2, 0) is 14.3 Å². The third-order valence-electron chi connectivity index (χ3n) is 5.55. The molecule has 2 heterocycles. The minimum absolute atomic E-state index is 0.108. The Bertz CT molecular complexity index is 1290. The number of anilines is 1. The van der Waals surface area contributed by atoms with Crippen LogP contribution in [0.15, 0.2) is 64.7 Å². The van der Waals surface area contributed by atoms with Crippen molar-refractivity contribution in [2.24, 2.45) is 0 Å². The average Bonchev–Trinajstić information content (AvgIpc) is 3.42. The van der Waals surface area contributed by atoms with Gasteiger partial charge >= 0.3 is 11.9 Å². The Morgan fingerprint density at radius 1 is 1.09 bits per heavy atom. The maximum absolute atomic E-state index is 13.2. The van der Waals surface area contributed by atoms with Gasteiger partial charge in [-0.15, -0.1) is 0 Å². The monoisotopic (exact) mass is 476 g/mol. The van der Waals surface area contributed by atoms with Crippen molar-refractivity contribution in [1.29, 1.82) is 0 Å². The molecular formula is C26H24N2O7. The highest BCUT2D eigenvalue weighted by molar-refractivity contribution is 6.51. The van der Waals surface area contributed by atoms with Gasteiger partial charge in [0.2, 0.25) is 0 Å². The number of esters is 1. The standard InChI is InChI=1S/C26H24N2O7/c1-4-13-34-19-11-9-17(10-12-19)23(29)21-22(16-5-7-18(8-6-16)26(32)33-3)28(25(31)24(21)30)20-14-15(2)35-27-20/h5-12,14,22,29H,4,13H2,1-3H3/t22-/m1/s1. The summed E-state index contributed by atoms with van der Waals surface area (Å²) in [5, 5.41) is 15.1. The molecular weight excluding hydrogens is 452 g/mol. The third-order valence-corrected chi connectivity index (χ3v) is 5.55. The highest BCUT2D eigenvalue weighted by atomic mass is 16.5. The van der Waals surface area contributed by atoms with E-state index in [2.05, 4.69) is 5.16 Å². The van der Waals surface area contributed by atoms with Crippen molar-refractivity contribution in [2.75, 3.05) is 18.6 Å². The van der Waals surface area contributed by atoms with E-state index >= 15 is 0 Å². The summed E-state index contributed by atoms with van der Waals surface area (Å²) in [7, 11) is 1.27. The second-order valence-electron chi connectivity index (χ2n) is 7.95. The number of amides is 1. The van der Waals surface area contributed by atoms with E-state index in [0.29, 0.717) is 34.8 Å². The van der Waals surface area contributed by atoms with Crippen LogP contribution in [0.1, 0.15) is 46.6 Å². The zero-order chi connectivity index (χ0) is 25.1. The first-order valence-electron chi connectivity index (χ1n) is 11.0. The predicted molar refractivity (Wildman–Crippen MR) is 126 cm³/mol. The summed E-state index contributed by atoms with van der Waals surface area (Å²) in [4.78, 5) is 39.3. The van der Waals surface area contributed by atoms with Gasteiger partial charge in [-0.25, -0.2) is 4.79 Å². The first-order chi connectivity index (χ1) is 16.8. The van der Waals surface area contributed by atoms with Crippen LogP contribution < -0.4 is 9.64 Å². The van der Waals surface area contributed by atoms with Gasteiger partial charge in [0, 0.05) is 11.6 Å². The van der Waals surface area contributed by atoms with Gasteiger partial charge in [-0.2, -0.15) is 0 Å². The number of benzene rings is 2. The van der Waals surface area contributed by atoms with Gasteiger partial charge in [-0.1, -0.05) is 24.2 Å². The lowest BCUT2D eigenvalue weighted by Gasteiger charge is -2.23. The van der Waals surface area contributed by atoms with E-state index in [1.165, 1.54) is 30.2 Å². The average molecular weight is 476 g/mol. The number of ether oxygens (including phenoxy) is 2. The molecule has 1 aromatic heterocycles. The Hall–Kier alpha value is -4.40. The number of rotatable bonds is 7. The molecule has 0 radical (unpaired) electrons. The maximum atomic E-state index is 13.2. The first-order valence-corrected chi connectivity index (χ1v) is 11.0. The number of ketones is 1. The summed E-state index contributed by atoms with van der Waals surface area (Å²) in [6, 6.07) is 13.4. The number of nitrogens with zero attached hydrogens (tertiary/aromatic N) is 2. The minimum atomic E-state index is -0.998. The Morgan fingerprint density at radius 2 is 1.74 bits per heavy atom. The van der Waals surface area contributed by atoms with Crippen LogP contribution in [0.2, 0.25) is 0 Å². The SMILES string of the molecule is CCCOc1ccc(C(O)=C2C(=O)C(=O)N(c3cc(C)on3)[C@@H]2c2ccc(C(=O)OC)cc2)cc1. The van der Waals surface area contributed by atoms with Crippen LogP contribution in [0.25, 0.3) is 5.76 Å². The summed E-state index contributed by atoms with van der Waals surface area (Å²) in [6.07, 6.45) is 0.849. The number of methoxy groups -OCH3 is 1. The number of Topliss-reactive ketones (excluding diaryl/α,β-unsaturated/α-hetero) is 1. The summed E-state index contributed by atoms with van der Waals surface area (Å²) >= 11 is 0. The van der Waals surface area contributed by atoms with Crippen molar-refractivity contribution >= 4 is 29.2 Å². The molecule has 4 rings (SSSR count). The summed E-state index contributed by atoms with van der Waals surface area (Å²) in [5.41, 5.74) is 1.03. The Kier molecular flexibility index (Phi) is 6.68. The molecule has 0 spiro atoms. The van der Waals surface area contributed by atoms with Gasteiger partial charge in [-0.05, 0) is 55.3 Å². The lowest BCUT2D eigenvalue weighted by Crippen LogP contribution is -2.29. The molecule has 1 amide bonds. The van der Waals surface area contributed by atoms with Crippen molar-refractivity contribution in [3.8, 4) is 5.75 Å². The van der Waals surface area contributed by atoms with Crippen molar-refractivity contribution in [3.05, 3.63) is 82.6 Å². The van der Waals surface area contributed by atoms with Gasteiger partial charge < -0.3 is 19.1 Å². The van der Waals surface area contributed by atoms with E-state index in [9.17, 15) is 19.5 Å². The molecule has 0 bridgehead atoms. The maximum Gasteiger partial charge on any atom is 0.337 e. The van der Waals surface area contributed by atoms with E-state index in [0.717, 1.165) is 6.42 Å². The number of aromatic nitrogens is 1. The largest absolute Gasteiger partial charge is 0.507 e. The molecule has 2 aromatic carbocycles. The van der Waals surface area contributed by atoms with Gasteiger partial charge in [-0.3, -0.25) is 14.5 Å². The summed E-state index contributed by atoms with van der Waals surface area (Å²) in [5.74, 6) is -1.38. The second kappa shape index (κ2) is 9.84. The number of aryl methyl sites for hydroxylation is 1. The van der Waals surface area contributed by atoms with E-state index < -0.39 is 23.7 Å². The van der Waals surface area contributed by atoms with Crippen LogP contribution in [0.5, 0.6) is 5.75 Å². The van der Waals surface area contributed by atoms with Crippen LogP contribution in [-0.4, -0.2) is 41.6 Å². The summed E-state index contributed by atoms with van der Waals surface area (Å²) in [6.45, 7) is 4.21. The molecule has 1 aliphatic rings. The first kappa shape index (κ1) is 23.7. The normalized spacial score (nSPS) is 17.0. The van der Waals surface area contributed by atoms with Crippen molar-refractivity contribution in [3.63, 3.8) is 0 Å². The van der Waals surface area contributed by atoms with Gasteiger partial charge in [0.25, 0.3) is 5.78 Å². The second-order valence-corrected chi connectivity index (χ2v) is 7.95. The van der Waals surface area contributed by atoms with Gasteiger partial charge in [0.15, 0.2) is 5.82 Å². The minimum Gasteiger partial charge on any atom is -0.507 e. The quantitative estimate of drug-likeness (QED) is 0.233. The highest BCUT2D eigenvalue weighted by Gasteiger charge is 2.48. The fourth-order valence-corrected chi connectivity index (χ4v) is 3.85. The zero-order valence-corrected chi connectivity index (χ0v) is 19.5. The number of aliphatic hydroxyl groups is 1. The van der Waals surface area contributed by atoms with Crippen LogP contribution in [0.3, 0.4) is 0 Å². The zero-order valence-electron chi connectivity index (χ0n) is 19.5. The van der Waals surface area contributed by atoms with Crippen LogP contribution in [0.4, 0.5) is 5.82 Å². The lowest BCUT2D eigenvalue weighted by molar-refractivity contribution is -0.132. The lowest BCUT2D eigenvalue weighted by atomic mass is 9.94. The van der Waals surface area contributed by atoms with E-state index in [-0.39, 0.29) is 17.2 Å². The fraction of sp³-hybridized carbons (Fsp3) is 0.231. The Labute approximate surface area is 201 Å². The Morgan fingerprint density at radius 3 is 2.31 bits per heavy atom. The highest BCUT2D eigenvalue weighted by Crippen LogP contribution is 2.42. The van der Waals surface area contributed by atoms with E-state index in [1.807, 2.05) is 6.92 Å². The van der Waals surface area contributed by atoms with Crippen molar-refractivity contribution in [1.82, 2.24) is 5.16 Å². The molecule has 1 saturated heterocycles. The molecule has 0 unspecified atom stereocenters. The van der Waals surface area contributed by atoms with Crippen molar-refractivity contribution in [2.45, 2.75) is 26.3 Å². The van der Waals surface area contributed by atoms with Crippen LogP contribution >= 0.6 is 0 Å². The molecule has 9 heteroatoms. The number of carbonyl (C=O) groups excluding carboxylic acids is 3. The Balaban J connectivity index is 1.83. The number of carbonyl (C=O) groups is 3. The van der Waals surface area contributed by atoms with Gasteiger partial charge in [0.05, 0.1) is 30.9 Å². The molecule has 0 saturated carbocycles. The fourth-order valence-electron chi connectivity index (χ4n) is 3.85. The molecule has 1 N–H and O–H groups in total. The number of hydrogen-bond donors (Lipinski definition) is 1. The molecule has 1 fully saturated rings. The van der Waals surface area contributed by atoms with Crippen molar-refractivity contribution < 1.29 is 33.5 Å².